The molecule has 2 unspecified atom stereocenters. The number of hydrogen-bond donors (Lipinski definition) is 3. The second-order valence-corrected chi connectivity index (χ2v) is 5.62. The normalized spacial score (nSPS) is 23.1. The van der Waals surface area contributed by atoms with Crippen LogP contribution in [0.2, 0.25) is 0 Å². The molecule has 0 aliphatic heterocycles. The molecule has 0 spiro atoms. The minimum absolute atomic E-state index is 0.0211. The van der Waals surface area contributed by atoms with Gasteiger partial charge in [0.1, 0.15) is 0 Å². The van der Waals surface area contributed by atoms with Gasteiger partial charge in [-0.3, -0.25) is 4.79 Å². The number of nitrogens with two attached hydrogens (primary N) is 1. The molecule has 1 amide bonds. The SMILES string of the molecule is Nc1ccc(CCC(=O)NC2CCCCCC2O)cc1. The second-order valence-electron chi connectivity index (χ2n) is 5.62. The first-order valence-electron chi connectivity index (χ1n) is 7.47. The molecule has 0 heterocycles. The molecule has 0 aromatic heterocycles. The van der Waals surface area contributed by atoms with Crippen molar-refractivity contribution < 1.29 is 9.90 Å². The van der Waals surface area contributed by atoms with Crippen molar-refractivity contribution >= 4 is 11.6 Å². The van der Waals surface area contributed by atoms with E-state index < -0.39 is 6.10 Å². The Morgan fingerprint density at radius 3 is 2.65 bits per heavy atom. The predicted octanol–water partition coefficient (Wildman–Crippen LogP) is 2.01. The number of nitrogen functional groups attached to an aromatic ring is 1. The lowest BCUT2D eigenvalue weighted by atomic mass is 10.0. The zero-order valence-corrected chi connectivity index (χ0v) is 11.8. The number of hydrogen-bond acceptors (Lipinski definition) is 3. The highest BCUT2D eigenvalue weighted by Crippen LogP contribution is 2.18. The molecule has 4 nitrogen and oxygen atoms in total. The Labute approximate surface area is 120 Å². The Hall–Kier alpha value is -1.55. The summed E-state index contributed by atoms with van der Waals surface area (Å²) in [6, 6.07) is 7.52. The molecule has 1 fully saturated rings. The van der Waals surface area contributed by atoms with E-state index in [9.17, 15) is 9.90 Å². The molecule has 0 saturated heterocycles. The van der Waals surface area contributed by atoms with Gasteiger partial charge in [-0.15, -0.1) is 0 Å². The average Bonchev–Trinajstić information content (AvgIpc) is 2.64. The van der Waals surface area contributed by atoms with Crippen LogP contribution in [-0.4, -0.2) is 23.2 Å². The van der Waals surface area contributed by atoms with Crippen LogP contribution in [0.3, 0.4) is 0 Å². The number of aliphatic hydroxyl groups is 1. The Bertz CT molecular complexity index is 431. The van der Waals surface area contributed by atoms with Crippen LogP contribution in [0.5, 0.6) is 0 Å². The van der Waals surface area contributed by atoms with Gasteiger partial charge in [0.05, 0.1) is 12.1 Å². The number of carbonyl (C=O) groups is 1. The van der Waals surface area contributed by atoms with Gasteiger partial charge in [0.15, 0.2) is 0 Å². The molecular formula is C16H24N2O2. The highest BCUT2D eigenvalue weighted by Gasteiger charge is 2.22. The smallest absolute Gasteiger partial charge is 0.220 e. The average molecular weight is 276 g/mol. The summed E-state index contributed by atoms with van der Waals surface area (Å²) in [6.45, 7) is 0. The highest BCUT2D eigenvalue weighted by atomic mass is 16.3. The van der Waals surface area contributed by atoms with Gasteiger partial charge in [-0.25, -0.2) is 0 Å². The van der Waals surface area contributed by atoms with E-state index in [2.05, 4.69) is 5.32 Å². The number of benzene rings is 1. The largest absolute Gasteiger partial charge is 0.399 e. The molecule has 0 radical (unpaired) electrons. The molecule has 1 aliphatic rings. The summed E-state index contributed by atoms with van der Waals surface area (Å²) in [5.41, 5.74) is 7.47. The lowest BCUT2D eigenvalue weighted by Crippen LogP contribution is -2.42. The third kappa shape index (κ3) is 4.53. The van der Waals surface area contributed by atoms with Gasteiger partial charge in [-0.2, -0.15) is 0 Å². The molecule has 1 aromatic carbocycles. The monoisotopic (exact) mass is 276 g/mol. The molecule has 4 heteroatoms. The fraction of sp³-hybridized carbons (Fsp3) is 0.562. The Kier molecular flexibility index (Phi) is 5.41. The Balaban J connectivity index is 1.78. The van der Waals surface area contributed by atoms with Crippen molar-refractivity contribution in [1.82, 2.24) is 5.32 Å². The van der Waals surface area contributed by atoms with Gasteiger partial charge in [0, 0.05) is 12.1 Å². The summed E-state index contributed by atoms with van der Waals surface area (Å²) >= 11 is 0. The number of anilines is 1. The van der Waals surface area contributed by atoms with Crippen molar-refractivity contribution in [3.8, 4) is 0 Å². The van der Waals surface area contributed by atoms with Crippen LogP contribution in [0, 0.1) is 0 Å². The van der Waals surface area contributed by atoms with Crippen LogP contribution >= 0.6 is 0 Å². The lowest BCUT2D eigenvalue weighted by Gasteiger charge is -2.21. The van der Waals surface area contributed by atoms with E-state index in [1.54, 1.807) is 0 Å². The first-order chi connectivity index (χ1) is 9.65. The molecule has 20 heavy (non-hydrogen) atoms. The summed E-state index contributed by atoms with van der Waals surface area (Å²) in [5, 5.41) is 13.0. The topological polar surface area (TPSA) is 75.4 Å². The molecule has 0 bridgehead atoms. The molecule has 1 aliphatic carbocycles. The van der Waals surface area contributed by atoms with Gasteiger partial charge >= 0.3 is 0 Å². The van der Waals surface area contributed by atoms with Crippen molar-refractivity contribution in [1.29, 1.82) is 0 Å². The van der Waals surface area contributed by atoms with Crippen molar-refractivity contribution in [2.45, 2.75) is 57.1 Å². The minimum Gasteiger partial charge on any atom is -0.399 e. The number of carbonyl (C=O) groups excluding carboxylic acids is 1. The summed E-state index contributed by atoms with van der Waals surface area (Å²) < 4.78 is 0. The van der Waals surface area contributed by atoms with Crippen LogP contribution in [0.25, 0.3) is 0 Å². The maximum absolute atomic E-state index is 12.0. The number of aliphatic hydroxyl groups excluding tert-OH is 1. The zero-order valence-electron chi connectivity index (χ0n) is 11.8. The summed E-state index contributed by atoms with van der Waals surface area (Å²) in [6.07, 6.45) is 5.73. The number of nitrogens with one attached hydrogen (secondary N) is 1. The first kappa shape index (κ1) is 14.9. The van der Waals surface area contributed by atoms with E-state index in [4.69, 9.17) is 5.73 Å². The van der Waals surface area contributed by atoms with Crippen molar-refractivity contribution in [3.63, 3.8) is 0 Å². The summed E-state index contributed by atoms with van der Waals surface area (Å²) in [4.78, 5) is 12.0. The Morgan fingerprint density at radius 1 is 1.20 bits per heavy atom. The minimum atomic E-state index is -0.391. The molecule has 1 saturated carbocycles. The van der Waals surface area contributed by atoms with Crippen LogP contribution in [0.4, 0.5) is 5.69 Å². The Morgan fingerprint density at radius 2 is 1.90 bits per heavy atom. The molecule has 110 valence electrons. The van der Waals surface area contributed by atoms with E-state index >= 15 is 0 Å². The molecular weight excluding hydrogens is 252 g/mol. The van der Waals surface area contributed by atoms with Crippen LogP contribution < -0.4 is 11.1 Å². The van der Waals surface area contributed by atoms with Gasteiger partial charge in [-0.1, -0.05) is 31.4 Å². The van der Waals surface area contributed by atoms with Gasteiger partial charge in [0.2, 0.25) is 5.91 Å². The second kappa shape index (κ2) is 7.29. The molecule has 4 N–H and O–H groups in total. The van der Waals surface area contributed by atoms with Gasteiger partial charge in [0.25, 0.3) is 0 Å². The van der Waals surface area contributed by atoms with Crippen molar-refractivity contribution in [2.75, 3.05) is 5.73 Å². The number of rotatable bonds is 4. The number of amides is 1. The fourth-order valence-electron chi connectivity index (χ4n) is 2.68. The first-order valence-corrected chi connectivity index (χ1v) is 7.47. The lowest BCUT2D eigenvalue weighted by molar-refractivity contribution is -0.122. The van der Waals surface area contributed by atoms with Crippen molar-refractivity contribution in [3.05, 3.63) is 29.8 Å². The summed E-state index contributed by atoms with van der Waals surface area (Å²) in [5.74, 6) is 0.0211. The standard InChI is InChI=1S/C16H24N2O2/c17-13-9-6-12(7-10-13)8-11-16(20)18-14-4-2-1-3-5-15(14)19/h6-7,9-10,14-15,19H,1-5,8,11,17H2,(H,18,20). The van der Waals surface area contributed by atoms with E-state index in [-0.39, 0.29) is 11.9 Å². The predicted molar refractivity (Wildman–Crippen MR) is 80.2 cm³/mol. The van der Waals surface area contributed by atoms with Gasteiger partial charge < -0.3 is 16.2 Å². The molecule has 2 rings (SSSR count). The van der Waals surface area contributed by atoms with Crippen LogP contribution in [0.1, 0.15) is 44.1 Å². The van der Waals surface area contributed by atoms with E-state index in [0.29, 0.717) is 12.8 Å². The van der Waals surface area contributed by atoms with Crippen LogP contribution in [0.15, 0.2) is 24.3 Å². The zero-order chi connectivity index (χ0) is 14.4. The maximum atomic E-state index is 12.0. The van der Waals surface area contributed by atoms with Gasteiger partial charge in [-0.05, 0) is 37.0 Å². The van der Waals surface area contributed by atoms with Crippen LogP contribution in [-0.2, 0) is 11.2 Å². The quantitative estimate of drug-likeness (QED) is 0.581. The van der Waals surface area contributed by atoms with E-state index in [1.165, 1.54) is 0 Å². The molecule has 2 atom stereocenters. The maximum Gasteiger partial charge on any atom is 0.220 e. The number of aryl methyl sites for hydroxylation is 1. The summed E-state index contributed by atoms with van der Waals surface area (Å²) in [7, 11) is 0. The van der Waals surface area contributed by atoms with Crippen molar-refractivity contribution in [2.24, 2.45) is 0 Å². The molecule has 1 aromatic rings. The fourth-order valence-corrected chi connectivity index (χ4v) is 2.68. The third-order valence-corrected chi connectivity index (χ3v) is 3.95. The third-order valence-electron chi connectivity index (χ3n) is 3.95. The van der Waals surface area contributed by atoms with E-state index in [1.807, 2.05) is 24.3 Å². The highest BCUT2D eigenvalue weighted by molar-refractivity contribution is 5.76. The van der Waals surface area contributed by atoms with E-state index in [0.717, 1.165) is 43.4 Å².